The third-order valence-corrected chi connectivity index (χ3v) is 4.43. The second-order valence-corrected chi connectivity index (χ2v) is 8.36. The molecule has 1 aliphatic carbocycles. The van der Waals surface area contributed by atoms with Gasteiger partial charge in [-0.15, -0.1) is 0 Å². The van der Waals surface area contributed by atoms with E-state index >= 15 is 0 Å². The van der Waals surface area contributed by atoms with E-state index in [-0.39, 0.29) is 17.1 Å². The number of allylic oxidation sites excluding steroid dienone is 2. The molecule has 1 N–H and O–H groups in total. The number of ether oxygens (including phenoxy) is 1. The van der Waals surface area contributed by atoms with Gasteiger partial charge in [-0.2, -0.15) is 0 Å². The summed E-state index contributed by atoms with van der Waals surface area (Å²) >= 11 is 2.16. The van der Waals surface area contributed by atoms with E-state index < -0.39 is 11.7 Å². The maximum atomic E-state index is 12.9. The summed E-state index contributed by atoms with van der Waals surface area (Å²) in [4.78, 5) is 37.4. The maximum absolute atomic E-state index is 12.9. The molecule has 26 heavy (non-hydrogen) atoms. The van der Waals surface area contributed by atoms with Crippen molar-refractivity contribution in [1.82, 2.24) is 10.4 Å². The second-order valence-electron chi connectivity index (χ2n) is 7.12. The number of hydrazine groups is 1. The topological polar surface area (TPSA) is 75.7 Å². The first-order chi connectivity index (χ1) is 12.1. The molecule has 7 heteroatoms. The first-order valence-electron chi connectivity index (χ1n) is 8.38. The Kier molecular flexibility index (Phi) is 6.44. The highest BCUT2D eigenvalue weighted by Gasteiger charge is 2.29. The van der Waals surface area contributed by atoms with E-state index in [0.29, 0.717) is 30.5 Å². The molecular formula is C19H23IN2O4. The summed E-state index contributed by atoms with van der Waals surface area (Å²) < 4.78 is 6.30. The first kappa shape index (κ1) is 20.4. The molecule has 0 radical (unpaired) electrons. The van der Waals surface area contributed by atoms with Gasteiger partial charge in [0, 0.05) is 28.3 Å². The summed E-state index contributed by atoms with van der Waals surface area (Å²) in [7, 11) is 1.51. The molecule has 0 heterocycles. The Bertz CT molecular complexity index is 748. The van der Waals surface area contributed by atoms with Gasteiger partial charge in [-0.1, -0.05) is 0 Å². The number of ketones is 2. The van der Waals surface area contributed by atoms with E-state index in [2.05, 4.69) is 28.0 Å². The molecular weight excluding hydrogens is 447 g/mol. The lowest BCUT2D eigenvalue weighted by Gasteiger charge is -2.28. The molecule has 0 bridgehead atoms. The number of hydrogen-bond donors (Lipinski definition) is 1. The SMILES string of the molecule is CN(NC1=C(C(=O)c2ccc(I)cc2)C(=O)CCC1)C(=O)OC(C)(C)C. The molecule has 1 aliphatic rings. The van der Waals surface area contributed by atoms with Crippen molar-refractivity contribution < 1.29 is 19.1 Å². The number of carbonyl (C=O) groups excluding carboxylic acids is 3. The Morgan fingerprint density at radius 2 is 1.77 bits per heavy atom. The lowest BCUT2D eigenvalue weighted by molar-refractivity contribution is -0.115. The highest BCUT2D eigenvalue weighted by Crippen LogP contribution is 2.24. The van der Waals surface area contributed by atoms with E-state index in [0.717, 1.165) is 3.57 Å². The molecule has 6 nitrogen and oxygen atoms in total. The molecule has 0 aromatic heterocycles. The van der Waals surface area contributed by atoms with Gasteiger partial charge in [0.25, 0.3) is 0 Å². The van der Waals surface area contributed by atoms with Gasteiger partial charge in [-0.3, -0.25) is 15.0 Å². The summed E-state index contributed by atoms with van der Waals surface area (Å²) in [6, 6.07) is 7.05. The van der Waals surface area contributed by atoms with Gasteiger partial charge < -0.3 is 4.74 Å². The van der Waals surface area contributed by atoms with Crippen molar-refractivity contribution in [2.45, 2.75) is 45.6 Å². The standard InChI is InChI=1S/C19H23IN2O4/c1-19(2,3)26-18(25)22(4)21-14-6-5-7-15(23)16(14)17(24)12-8-10-13(20)11-9-12/h8-11,21H,5-7H2,1-4H3. The van der Waals surface area contributed by atoms with E-state index in [1.165, 1.54) is 12.1 Å². The maximum Gasteiger partial charge on any atom is 0.428 e. The molecule has 0 atom stereocenters. The van der Waals surface area contributed by atoms with Crippen LogP contribution < -0.4 is 5.43 Å². The smallest absolute Gasteiger partial charge is 0.428 e. The Labute approximate surface area is 167 Å². The Balaban J connectivity index is 2.28. The zero-order valence-electron chi connectivity index (χ0n) is 15.4. The summed E-state index contributed by atoms with van der Waals surface area (Å²) in [5, 5.41) is 1.17. The number of halogens is 1. The van der Waals surface area contributed by atoms with Crippen molar-refractivity contribution in [3.05, 3.63) is 44.7 Å². The molecule has 0 saturated carbocycles. The van der Waals surface area contributed by atoms with E-state index in [4.69, 9.17) is 4.74 Å². The number of rotatable bonds is 4. The fraction of sp³-hybridized carbons (Fsp3) is 0.421. The zero-order valence-corrected chi connectivity index (χ0v) is 17.5. The summed E-state index contributed by atoms with van der Waals surface area (Å²) in [5.41, 5.74) is 3.27. The quantitative estimate of drug-likeness (QED) is 0.313. The van der Waals surface area contributed by atoms with Crippen molar-refractivity contribution in [3.63, 3.8) is 0 Å². The predicted molar refractivity (Wildman–Crippen MR) is 107 cm³/mol. The average Bonchev–Trinajstić information content (AvgIpc) is 2.53. The van der Waals surface area contributed by atoms with Crippen LogP contribution in [-0.2, 0) is 9.53 Å². The minimum atomic E-state index is -0.635. The van der Waals surface area contributed by atoms with Crippen LogP contribution in [0.25, 0.3) is 0 Å². The highest BCUT2D eigenvalue weighted by atomic mass is 127. The summed E-state index contributed by atoms with van der Waals surface area (Å²) in [6.45, 7) is 5.32. The molecule has 1 aromatic rings. The molecule has 1 amide bonds. The molecule has 0 spiro atoms. The van der Waals surface area contributed by atoms with Gasteiger partial charge in [0.1, 0.15) is 5.60 Å². The van der Waals surface area contributed by atoms with Crippen LogP contribution in [0.5, 0.6) is 0 Å². The van der Waals surface area contributed by atoms with Crippen LogP contribution in [0, 0.1) is 3.57 Å². The van der Waals surface area contributed by atoms with E-state index in [1.54, 1.807) is 32.9 Å². The molecule has 140 valence electrons. The van der Waals surface area contributed by atoms with Crippen LogP contribution in [0.2, 0.25) is 0 Å². The molecule has 0 aliphatic heterocycles. The summed E-state index contributed by atoms with van der Waals surface area (Å²) in [6.07, 6.45) is 0.897. The Hall–Kier alpha value is -1.90. The van der Waals surface area contributed by atoms with Crippen LogP contribution in [0.15, 0.2) is 35.5 Å². The number of nitrogens with zero attached hydrogens (tertiary/aromatic N) is 1. The van der Waals surface area contributed by atoms with E-state index in [9.17, 15) is 14.4 Å². The number of hydrogen-bond acceptors (Lipinski definition) is 5. The van der Waals surface area contributed by atoms with Crippen molar-refractivity contribution in [2.24, 2.45) is 0 Å². The fourth-order valence-corrected chi connectivity index (χ4v) is 2.90. The number of nitrogens with one attached hydrogen (secondary N) is 1. The van der Waals surface area contributed by atoms with Crippen LogP contribution >= 0.6 is 22.6 Å². The summed E-state index contributed by atoms with van der Waals surface area (Å²) in [5.74, 6) is -0.536. The Morgan fingerprint density at radius 3 is 2.35 bits per heavy atom. The van der Waals surface area contributed by atoms with Crippen LogP contribution in [0.3, 0.4) is 0 Å². The van der Waals surface area contributed by atoms with E-state index in [1.807, 2.05) is 12.1 Å². The van der Waals surface area contributed by atoms with Gasteiger partial charge in [0.05, 0.1) is 5.57 Å². The number of amides is 1. The fourth-order valence-electron chi connectivity index (χ4n) is 2.54. The van der Waals surface area contributed by atoms with Gasteiger partial charge >= 0.3 is 6.09 Å². The van der Waals surface area contributed by atoms with Crippen molar-refractivity contribution in [1.29, 1.82) is 0 Å². The average molecular weight is 470 g/mol. The molecule has 2 rings (SSSR count). The largest absolute Gasteiger partial charge is 0.442 e. The monoisotopic (exact) mass is 470 g/mol. The normalized spacial score (nSPS) is 14.9. The predicted octanol–water partition coefficient (Wildman–Crippen LogP) is 3.85. The zero-order chi connectivity index (χ0) is 19.5. The first-order valence-corrected chi connectivity index (χ1v) is 9.46. The molecule has 0 unspecified atom stereocenters. The van der Waals surface area contributed by atoms with Crippen LogP contribution in [0.4, 0.5) is 4.79 Å². The van der Waals surface area contributed by atoms with Gasteiger partial charge in [0.15, 0.2) is 11.6 Å². The molecule has 0 saturated heterocycles. The van der Waals surface area contributed by atoms with Crippen LogP contribution in [-0.4, -0.2) is 35.3 Å². The third-order valence-electron chi connectivity index (χ3n) is 3.71. The number of Topliss-reactive ketones (excluding diaryl/α,β-unsaturated/α-hetero) is 2. The lowest BCUT2D eigenvalue weighted by Crippen LogP contribution is -2.44. The van der Waals surface area contributed by atoms with Gasteiger partial charge in [-0.25, -0.2) is 9.80 Å². The Morgan fingerprint density at radius 1 is 1.15 bits per heavy atom. The van der Waals surface area contributed by atoms with Gasteiger partial charge in [-0.05, 0) is 80.5 Å². The van der Waals surface area contributed by atoms with Crippen molar-refractivity contribution in [3.8, 4) is 0 Å². The van der Waals surface area contributed by atoms with Gasteiger partial charge in [0.2, 0.25) is 0 Å². The third kappa shape index (κ3) is 5.30. The number of benzene rings is 1. The van der Waals surface area contributed by atoms with Crippen LogP contribution in [0.1, 0.15) is 50.4 Å². The minimum absolute atomic E-state index is 0.118. The lowest BCUT2D eigenvalue weighted by atomic mass is 9.89. The molecule has 0 fully saturated rings. The second kappa shape index (κ2) is 8.20. The van der Waals surface area contributed by atoms with Crippen molar-refractivity contribution >= 4 is 40.3 Å². The highest BCUT2D eigenvalue weighted by molar-refractivity contribution is 14.1. The molecule has 1 aromatic carbocycles. The minimum Gasteiger partial charge on any atom is -0.442 e. The van der Waals surface area contributed by atoms with Crippen molar-refractivity contribution in [2.75, 3.05) is 7.05 Å². The number of carbonyl (C=O) groups is 3.